The number of phenols is 1. The fourth-order valence-electron chi connectivity index (χ4n) is 3.44. The molecule has 1 unspecified atom stereocenters. The van der Waals surface area contributed by atoms with Gasteiger partial charge in [0.2, 0.25) is 0 Å². The lowest BCUT2D eigenvalue weighted by molar-refractivity contribution is -0.123. The average Bonchev–Trinajstić information content (AvgIpc) is 2.81. The molecular weight excluding hydrogens is 435 g/mol. The summed E-state index contributed by atoms with van der Waals surface area (Å²) in [5.41, 5.74) is 2.05. The maximum absolute atomic E-state index is 14.7. The number of unbranched alkanes of at least 4 members (excludes halogenated alkanes) is 1. The Balaban J connectivity index is 1.67. The van der Waals surface area contributed by atoms with E-state index in [-0.39, 0.29) is 23.9 Å². The third kappa shape index (κ3) is 6.88. The van der Waals surface area contributed by atoms with Crippen LogP contribution in [-0.4, -0.2) is 23.8 Å². The van der Waals surface area contributed by atoms with Crippen LogP contribution in [0.25, 0.3) is 0 Å². The van der Waals surface area contributed by atoms with E-state index in [1.807, 2.05) is 57.2 Å². The molecule has 0 radical (unpaired) electrons. The van der Waals surface area contributed by atoms with E-state index < -0.39 is 17.8 Å². The van der Waals surface area contributed by atoms with E-state index in [0.29, 0.717) is 17.9 Å². The Hall–Kier alpha value is -3.74. The highest BCUT2D eigenvalue weighted by Crippen LogP contribution is 2.30. The van der Waals surface area contributed by atoms with Crippen molar-refractivity contribution in [1.29, 1.82) is 0 Å². The van der Waals surface area contributed by atoms with Gasteiger partial charge in [0.25, 0.3) is 5.91 Å². The number of benzene rings is 3. The molecule has 0 aromatic heterocycles. The predicted octanol–water partition coefficient (Wildman–Crippen LogP) is 6.17. The highest BCUT2D eigenvalue weighted by Gasteiger charge is 2.23. The van der Waals surface area contributed by atoms with E-state index in [1.165, 1.54) is 6.07 Å². The van der Waals surface area contributed by atoms with Gasteiger partial charge in [-0.3, -0.25) is 4.79 Å². The van der Waals surface area contributed by atoms with Crippen molar-refractivity contribution < 1.29 is 23.8 Å². The number of hydrogen-bond donors (Lipinski definition) is 3. The Morgan fingerprint density at radius 2 is 1.82 bits per heavy atom. The number of aromatic hydroxyl groups is 1. The van der Waals surface area contributed by atoms with Gasteiger partial charge in [-0.25, -0.2) is 4.39 Å². The fraction of sp³-hybridized carbons (Fsp3) is 0.296. The van der Waals surface area contributed by atoms with Crippen LogP contribution in [0.3, 0.4) is 0 Å². The predicted molar refractivity (Wildman–Crippen MR) is 132 cm³/mol. The van der Waals surface area contributed by atoms with E-state index in [4.69, 9.17) is 9.47 Å². The number of anilines is 2. The summed E-state index contributed by atoms with van der Waals surface area (Å²) < 4.78 is 26.3. The lowest BCUT2D eigenvalue weighted by Crippen LogP contribution is -2.33. The fourth-order valence-corrected chi connectivity index (χ4v) is 3.44. The first-order chi connectivity index (χ1) is 16.4. The van der Waals surface area contributed by atoms with Gasteiger partial charge in [-0.1, -0.05) is 49.2 Å². The number of para-hydroxylation sites is 1. The van der Waals surface area contributed by atoms with Crippen molar-refractivity contribution in [3.8, 4) is 17.2 Å². The van der Waals surface area contributed by atoms with E-state index >= 15 is 0 Å². The summed E-state index contributed by atoms with van der Waals surface area (Å²) in [6.45, 7) is 5.96. The Labute approximate surface area is 199 Å². The first-order valence-electron chi connectivity index (χ1n) is 11.4. The van der Waals surface area contributed by atoms with Crippen LogP contribution in [0.15, 0.2) is 60.7 Å². The molecule has 6 nitrogen and oxygen atoms in total. The average molecular weight is 467 g/mol. The zero-order valence-electron chi connectivity index (χ0n) is 19.7. The van der Waals surface area contributed by atoms with Crippen molar-refractivity contribution in [2.45, 2.75) is 46.1 Å². The molecular formula is C27H31FN2O4. The van der Waals surface area contributed by atoms with Gasteiger partial charge in [0, 0.05) is 12.1 Å². The summed E-state index contributed by atoms with van der Waals surface area (Å²) in [7, 11) is 0. The Morgan fingerprint density at radius 1 is 1.06 bits per heavy atom. The van der Waals surface area contributed by atoms with Gasteiger partial charge in [0.1, 0.15) is 23.1 Å². The molecule has 1 amide bonds. The Bertz CT molecular complexity index is 1110. The summed E-state index contributed by atoms with van der Waals surface area (Å²) in [6.07, 6.45) is 1.36. The van der Waals surface area contributed by atoms with Crippen molar-refractivity contribution in [2.24, 2.45) is 0 Å². The maximum atomic E-state index is 14.7. The molecule has 1 atom stereocenters. The number of carbonyl (C=O) groups excluding carboxylic acids is 1. The first-order valence-corrected chi connectivity index (χ1v) is 11.4. The normalized spacial score (nSPS) is 11.5. The second-order valence-electron chi connectivity index (χ2n) is 8.13. The molecule has 3 rings (SSSR count). The molecule has 3 N–H and O–H groups in total. The number of aryl methyl sites for hydroxylation is 2. The van der Waals surface area contributed by atoms with Gasteiger partial charge in [0.15, 0.2) is 12.8 Å². The molecule has 7 heteroatoms. The largest absolute Gasteiger partial charge is 0.506 e. The molecule has 0 fully saturated rings. The van der Waals surface area contributed by atoms with Crippen molar-refractivity contribution >= 4 is 17.3 Å². The lowest BCUT2D eigenvalue weighted by atomic mass is 10.1. The number of carbonyl (C=O) groups is 1. The van der Waals surface area contributed by atoms with Crippen LogP contribution >= 0.6 is 0 Å². The van der Waals surface area contributed by atoms with Gasteiger partial charge in [-0.15, -0.1) is 0 Å². The van der Waals surface area contributed by atoms with Gasteiger partial charge in [0.05, 0.1) is 11.4 Å². The van der Waals surface area contributed by atoms with Crippen LogP contribution in [0.2, 0.25) is 0 Å². The van der Waals surface area contributed by atoms with Crippen molar-refractivity contribution in [3.63, 3.8) is 0 Å². The highest BCUT2D eigenvalue weighted by molar-refractivity contribution is 5.95. The maximum Gasteiger partial charge on any atom is 0.265 e. The van der Waals surface area contributed by atoms with E-state index in [2.05, 4.69) is 10.6 Å². The summed E-state index contributed by atoms with van der Waals surface area (Å²) in [4.78, 5) is 13.0. The third-order valence-corrected chi connectivity index (χ3v) is 5.30. The van der Waals surface area contributed by atoms with Gasteiger partial charge in [-0.2, -0.15) is 0 Å². The van der Waals surface area contributed by atoms with Gasteiger partial charge >= 0.3 is 0 Å². The molecule has 0 aliphatic carbocycles. The monoisotopic (exact) mass is 466 g/mol. The van der Waals surface area contributed by atoms with E-state index in [0.717, 1.165) is 30.0 Å². The molecule has 180 valence electrons. The number of nitrogens with one attached hydrogen (secondary N) is 2. The smallest absolute Gasteiger partial charge is 0.265 e. The van der Waals surface area contributed by atoms with Crippen LogP contribution in [-0.2, 0) is 4.79 Å². The zero-order chi connectivity index (χ0) is 24.5. The minimum Gasteiger partial charge on any atom is -0.506 e. The number of halogens is 1. The molecule has 3 aromatic rings. The Morgan fingerprint density at radius 3 is 2.53 bits per heavy atom. The molecule has 0 aliphatic heterocycles. The topological polar surface area (TPSA) is 79.8 Å². The Kier molecular flexibility index (Phi) is 8.73. The van der Waals surface area contributed by atoms with E-state index in [1.54, 1.807) is 12.1 Å². The molecule has 0 saturated heterocycles. The number of rotatable bonds is 11. The van der Waals surface area contributed by atoms with Gasteiger partial charge < -0.3 is 25.2 Å². The SMILES string of the molecule is CCCCC(Oc1ccc(C)cc1C)C(=O)Nc1cc(O)c(NCOc2ccccc2)cc1F. The highest BCUT2D eigenvalue weighted by atomic mass is 19.1. The van der Waals surface area contributed by atoms with Crippen LogP contribution in [0.4, 0.5) is 15.8 Å². The summed E-state index contributed by atoms with van der Waals surface area (Å²) in [6, 6.07) is 17.1. The number of hydrogen-bond acceptors (Lipinski definition) is 5. The number of ether oxygens (including phenoxy) is 2. The summed E-state index contributed by atoms with van der Waals surface area (Å²) in [5, 5.41) is 15.7. The summed E-state index contributed by atoms with van der Waals surface area (Å²) >= 11 is 0. The minimum absolute atomic E-state index is 0.0333. The molecule has 34 heavy (non-hydrogen) atoms. The molecule has 0 aliphatic rings. The van der Waals surface area contributed by atoms with Crippen molar-refractivity contribution in [2.75, 3.05) is 17.4 Å². The van der Waals surface area contributed by atoms with Gasteiger partial charge in [-0.05, 0) is 50.5 Å². The van der Waals surface area contributed by atoms with Crippen molar-refractivity contribution in [3.05, 3.63) is 77.6 Å². The lowest BCUT2D eigenvalue weighted by Gasteiger charge is -2.20. The minimum atomic E-state index is -0.792. The standard InChI is InChI=1S/C27H31FN2O4/c1-4-5-11-26(34-25-13-12-18(2)14-19(25)3)27(32)30-22-16-24(31)23(15-21(22)28)29-17-33-20-9-7-6-8-10-20/h6-10,12-16,26,29,31H,4-5,11,17H2,1-3H3,(H,30,32). The third-order valence-electron chi connectivity index (χ3n) is 5.30. The van der Waals surface area contributed by atoms with Crippen LogP contribution < -0.4 is 20.1 Å². The summed E-state index contributed by atoms with van der Waals surface area (Å²) in [5.74, 6) is -0.119. The molecule has 3 aromatic carbocycles. The number of amides is 1. The van der Waals surface area contributed by atoms with Crippen LogP contribution in [0.1, 0.15) is 37.3 Å². The van der Waals surface area contributed by atoms with Crippen molar-refractivity contribution in [1.82, 2.24) is 0 Å². The van der Waals surface area contributed by atoms with Crippen LogP contribution in [0.5, 0.6) is 17.2 Å². The molecule has 0 spiro atoms. The first kappa shape index (κ1) is 24.9. The zero-order valence-corrected chi connectivity index (χ0v) is 19.7. The quantitative estimate of drug-likeness (QED) is 0.233. The molecule has 0 heterocycles. The molecule has 0 saturated carbocycles. The second-order valence-corrected chi connectivity index (χ2v) is 8.13. The van der Waals surface area contributed by atoms with Crippen LogP contribution in [0, 0.1) is 19.7 Å². The van der Waals surface area contributed by atoms with E-state index in [9.17, 15) is 14.3 Å². The number of phenolic OH excluding ortho intramolecular Hbond substituents is 1. The second kappa shape index (κ2) is 11.9. The molecule has 0 bridgehead atoms.